The largest absolute Gasteiger partial charge is 0.398 e. The van der Waals surface area contributed by atoms with Crippen molar-refractivity contribution in [2.75, 3.05) is 10.5 Å². The minimum absolute atomic E-state index is 0.0296. The quantitative estimate of drug-likeness (QED) is 0.829. The summed E-state index contributed by atoms with van der Waals surface area (Å²) in [5.74, 6) is 0.0296. The number of nitrogens with two attached hydrogens (primary N) is 1. The molecule has 0 amide bonds. The van der Waals surface area contributed by atoms with Crippen LogP contribution in [-0.2, 0) is 10.0 Å². The van der Waals surface area contributed by atoms with Gasteiger partial charge in [-0.2, -0.15) is 0 Å². The Balaban J connectivity index is 2.46. The molecule has 0 unspecified atom stereocenters. The zero-order valence-electron chi connectivity index (χ0n) is 10.6. The maximum atomic E-state index is 12.3. The number of nitrogen functional groups attached to an aromatic ring is 1. The highest BCUT2D eigenvalue weighted by molar-refractivity contribution is 7.92. The van der Waals surface area contributed by atoms with Crippen LogP contribution in [-0.4, -0.2) is 18.4 Å². The average molecular weight is 278 g/mol. The number of aromatic nitrogens is 2. The van der Waals surface area contributed by atoms with Crippen LogP contribution in [0.15, 0.2) is 35.5 Å². The Kier molecular flexibility index (Phi) is 3.39. The first kappa shape index (κ1) is 13.3. The van der Waals surface area contributed by atoms with E-state index in [0.717, 1.165) is 5.56 Å². The van der Waals surface area contributed by atoms with Gasteiger partial charge in [0, 0.05) is 18.1 Å². The van der Waals surface area contributed by atoms with E-state index in [0.29, 0.717) is 11.3 Å². The van der Waals surface area contributed by atoms with Crippen molar-refractivity contribution in [1.29, 1.82) is 0 Å². The highest BCUT2D eigenvalue weighted by atomic mass is 32.2. The molecule has 7 heteroatoms. The van der Waals surface area contributed by atoms with Crippen molar-refractivity contribution in [2.45, 2.75) is 18.7 Å². The third-order valence-corrected chi connectivity index (χ3v) is 4.08. The van der Waals surface area contributed by atoms with E-state index in [4.69, 9.17) is 5.73 Å². The van der Waals surface area contributed by atoms with E-state index < -0.39 is 10.0 Å². The van der Waals surface area contributed by atoms with E-state index in [1.807, 2.05) is 0 Å². The number of aryl methyl sites for hydroxylation is 1. The van der Waals surface area contributed by atoms with Gasteiger partial charge in [-0.15, -0.1) is 0 Å². The van der Waals surface area contributed by atoms with Crippen LogP contribution in [0.1, 0.15) is 11.1 Å². The van der Waals surface area contributed by atoms with E-state index in [9.17, 15) is 8.42 Å². The van der Waals surface area contributed by atoms with E-state index >= 15 is 0 Å². The van der Waals surface area contributed by atoms with Crippen molar-refractivity contribution in [3.8, 4) is 0 Å². The molecule has 1 heterocycles. The molecule has 0 spiro atoms. The van der Waals surface area contributed by atoms with Crippen molar-refractivity contribution in [3.05, 3.63) is 41.7 Å². The summed E-state index contributed by atoms with van der Waals surface area (Å²) in [5, 5.41) is 0. The van der Waals surface area contributed by atoms with Gasteiger partial charge in [0.1, 0.15) is 0 Å². The summed E-state index contributed by atoms with van der Waals surface area (Å²) in [6.45, 7) is 3.45. The van der Waals surface area contributed by atoms with Crippen LogP contribution in [0.5, 0.6) is 0 Å². The molecule has 0 saturated carbocycles. The summed E-state index contributed by atoms with van der Waals surface area (Å²) in [5.41, 5.74) is 7.51. The molecule has 19 heavy (non-hydrogen) atoms. The Labute approximate surface area is 111 Å². The second-order valence-electron chi connectivity index (χ2n) is 4.16. The molecule has 0 aliphatic carbocycles. The van der Waals surface area contributed by atoms with Gasteiger partial charge in [0.2, 0.25) is 5.95 Å². The van der Waals surface area contributed by atoms with E-state index in [1.165, 1.54) is 12.4 Å². The minimum Gasteiger partial charge on any atom is -0.398 e. The number of rotatable bonds is 3. The van der Waals surface area contributed by atoms with E-state index in [2.05, 4.69) is 14.7 Å². The lowest BCUT2D eigenvalue weighted by molar-refractivity contribution is 0.600. The third-order valence-electron chi connectivity index (χ3n) is 2.63. The Morgan fingerprint density at radius 1 is 1.16 bits per heavy atom. The molecule has 1 aromatic heterocycles. The SMILES string of the molecule is Cc1cc(N)c(C)c(S(=O)(=O)Nc2ncccn2)c1. The van der Waals surface area contributed by atoms with E-state index in [1.54, 1.807) is 32.0 Å². The molecule has 0 atom stereocenters. The molecule has 1 aromatic carbocycles. The third kappa shape index (κ3) is 2.82. The van der Waals surface area contributed by atoms with Gasteiger partial charge in [0.05, 0.1) is 4.90 Å². The van der Waals surface area contributed by atoms with Crippen LogP contribution < -0.4 is 10.5 Å². The Hall–Kier alpha value is -2.15. The van der Waals surface area contributed by atoms with Crippen LogP contribution in [0, 0.1) is 13.8 Å². The zero-order valence-corrected chi connectivity index (χ0v) is 11.4. The fraction of sp³-hybridized carbons (Fsp3) is 0.167. The van der Waals surface area contributed by atoms with Crippen LogP contribution >= 0.6 is 0 Å². The van der Waals surface area contributed by atoms with Crippen molar-refractivity contribution in [3.63, 3.8) is 0 Å². The average Bonchev–Trinajstić information content (AvgIpc) is 2.34. The molecule has 3 N–H and O–H groups in total. The summed E-state index contributed by atoms with van der Waals surface area (Å²) >= 11 is 0. The fourth-order valence-electron chi connectivity index (χ4n) is 1.66. The fourth-order valence-corrected chi connectivity index (χ4v) is 2.98. The Morgan fingerprint density at radius 3 is 2.42 bits per heavy atom. The van der Waals surface area contributed by atoms with Gasteiger partial charge in [-0.3, -0.25) is 0 Å². The van der Waals surface area contributed by atoms with Crippen LogP contribution in [0.3, 0.4) is 0 Å². The lowest BCUT2D eigenvalue weighted by Crippen LogP contribution is -2.16. The zero-order chi connectivity index (χ0) is 14.0. The second kappa shape index (κ2) is 4.85. The van der Waals surface area contributed by atoms with Crippen LogP contribution in [0.2, 0.25) is 0 Å². The first-order valence-corrected chi connectivity index (χ1v) is 7.05. The van der Waals surface area contributed by atoms with Gasteiger partial charge < -0.3 is 5.73 Å². The molecule has 0 aliphatic rings. The lowest BCUT2D eigenvalue weighted by atomic mass is 10.1. The minimum atomic E-state index is -3.74. The number of hydrogen-bond donors (Lipinski definition) is 2. The summed E-state index contributed by atoms with van der Waals surface area (Å²) in [4.78, 5) is 7.80. The number of benzene rings is 1. The van der Waals surface area contributed by atoms with Crippen molar-refractivity contribution in [1.82, 2.24) is 9.97 Å². The molecule has 6 nitrogen and oxygen atoms in total. The van der Waals surface area contributed by atoms with Gasteiger partial charge in [-0.05, 0) is 43.2 Å². The number of nitrogens with zero attached hydrogens (tertiary/aromatic N) is 2. The summed E-state index contributed by atoms with van der Waals surface area (Å²) in [6.07, 6.45) is 2.92. The monoisotopic (exact) mass is 278 g/mol. The number of anilines is 2. The second-order valence-corrected chi connectivity index (χ2v) is 5.81. The van der Waals surface area contributed by atoms with Gasteiger partial charge in [-0.1, -0.05) is 0 Å². The molecule has 100 valence electrons. The van der Waals surface area contributed by atoms with Crippen LogP contribution in [0.25, 0.3) is 0 Å². The molecule has 2 rings (SSSR count). The molecular formula is C12H14N4O2S. The molecule has 0 aliphatic heterocycles. The maximum absolute atomic E-state index is 12.3. The molecule has 0 radical (unpaired) electrons. The summed E-state index contributed by atoms with van der Waals surface area (Å²) in [6, 6.07) is 4.90. The Morgan fingerprint density at radius 2 is 1.79 bits per heavy atom. The Bertz CT molecular complexity index is 699. The molecule has 2 aromatic rings. The van der Waals surface area contributed by atoms with E-state index in [-0.39, 0.29) is 10.8 Å². The molecule has 0 saturated heterocycles. The topological polar surface area (TPSA) is 98.0 Å². The number of hydrogen-bond acceptors (Lipinski definition) is 5. The highest BCUT2D eigenvalue weighted by Crippen LogP contribution is 2.24. The number of sulfonamides is 1. The van der Waals surface area contributed by atoms with Crippen LogP contribution in [0.4, 0.5) is 11.6 Å². The highest BCUT2D eigenvalue weighted by Gasteiger charge is 2.19. The standard InChI is InChI=1S/C12H14N4O2S/c1-8-6-10(13)9(2)11(7-8)19(17,18)16-12-14-4-3-5-15-12/h3-7H,13H2,1-2H3,(H,14,15,16). The predicted octanol–water partition coefficient (Wildman–Crippen LogP) is 1.48. The number of nitrogens with one attached hydrogen (secondary N) is 1. The van der Waals surface area contributed by atoms with Gasteiger partial charge in [0.15, 0.2) is 0 Å². The molecule has 0 fully saturated rings. The summed E-state index contributed by atoms with van der Waals surface area (Å²) in [7, 11) is -3.74. The summed E-state index contributed by atoms with van der Waals surface area (Å²) < 4.78 is 26.9. The van der Waals surface area contributed by atoms with Gasteiger partial charge >= 0.3 is 0 Å². The van der Waals surface area contributed by atoms with Crippen molar-refractivity contribution < 1.29 is 8.42 Å². The predicted molar refractivity (Wildman–Crippen MR) is 73.2 cm³/mol. The molecular weight excluding hydrogens is 264 g/mol. The first-order chi connectivity index (χ1) is 8.90. The van der Waals surface area contributed by atoms with Crippen molar-refractivity contribution >= 4 is 21.7 Å². The normalized spacial score (nSPS) is 11.3. The smallest absolute Gasteiger partial charge is 0.264 e. The lowest BCUT2D eigenvalue weighted by Gasteiger charge is -2.11. The maximum Gasteiger partial charge on any atom is 0.264 e. The van der Waals surface area contributed by atoms with Gasteiger partial charge in [-0.25, -0.2) is 23.1 Å². The first-order valence-electron chi connectivity index (χ1n) is 5.57. The van der Waals surface area contributed by atoms with Gasteiger partial charge in [0.25, 0.3) is 10.0 Å². The van der Waals surface area contributed by atoms with Crippen molar-refractivity contribution in [2.24, 2.45) is 0 Å². The molecule has 0 bridgehead atoms.